The molecule has 0 atom stereocenters. The van der Waals surface area contributed by atoms with E-state index in [0.717, 1.165) is 0 Å². The minimum Gasteiger partial charge on any atom is -0.415 e. The van der Waals surface area contributed by atoms with Gasteiger partial charge in [-0.15, -0.1) is 0 Å². The number of hydroxylamine groups is 1. The molecule has 3 N–H and O–H groups in total. The molecule has 0 heterocycles. The van der Waals surface area contributed by atoms with E-state index in [2.05, 4.69) is 10.3 Å². The fourth-order valence-electron chi connectivity index (χ4n) is 0.107. The SMILES string of the molecule is CNO/C=C\N. The van der Waals surface area contributed by atoms with Crippen molar-refractivity contribution < 1.29 is 4.84 Å². The first-order valence-electron chi connectivity index (χ1n) is 1.61. The average molecular weight is 88.1 g/mol. The minimum absolute atomic E-state index is 1.30. The molecule has 0 aromatic carbocycles. The van der Waals surface area contributed by atoms with E-state index in [4.69, 9.17) is 5.73 Å². The van der Waals surface area contributed by atoms with Crippen molar-refractivity contribution in [2.24, 2.45) is 5.73 Å². The molecule has 0 spiro atoms. The maximum absolute atomic E-state index is 4.87. The van der Waals surface area contributed by atoms with E-state index < -0.39 is 0 Å². The summed E-state index contributed by atoms with van der Waals surface area (Å²) >= 11 is 0. The van der Waals surface area contributed by atoms with Gasteiger partial charge in [0, 0.05) is 13.2 Å². The molecule has 0 aromatic rings. The molecule has 0 bridgehead atoms. The first-order chi connectivity index (χ1) is 2.91. The first-order valence-corrected chi connectivity index (χ1v) is 1.61. The highest BCUT2D eigenvalue weighted by Crippen LogP contribution is 1.58. The standard InChI is InChI=1S/C3H8N2O/c1-5-6-3-2-4/h2-3,5H,4H2,1H3/b3-2-. The van der Waals surface area contributed by atoms with Crippen LogP contribution >= 0.6 is 0 Å². The summed E-state index contributed by atoms with van der Waals surface area (Å²) in [7, 11) is 1.65. The summed E-state index contributed by atoms with van der Waals surface area (Å²) < 4.78 is 0. The van der Waals surface area contributed by atoms with E-state index in [1.54, 1.807) is 7.05 Å². The van der Waals surface area contributed by atoms with Gasteiger partial charge in [0.15, 0.2) is 0 Å². The molecule has 3 heteroatoms. The Kier molecular flexibility index (Phi) is 3.80. The van der Waals surface area contributed by atoms with E-state index in [0.29, 0.717) is 0 Å². The summed E-state index contributed by atoms with van der Waals surface area (Å²) in [6.45, 7) is 0. The van der Waals surface area contributed by atoms with Crippen LogP contribution in [0.5, 0.6) is 0 Å². The molecule has 36 valence electrons. The molecule has 0 saturated heterocycles. The number of nitrogens with two attached hydrogens (primary N) is 1. The molecule has 0 amide bonds. The van der Waals surface area contributed by atoms with Gasteiger partial charge < -0.3 is 10.6 Å². The summed E-state index contributed by atoms with van der Waals surface area (Å²) in [6, 6.07) is 0. The van der Waals surface area contributed by atoms with Crippen molar-refractivity contribution in [3.05, 3.63) is 12.5 Å². The Morgan fingerprint density at radius 1 is 1.83 bits per heavy atom. The third kappa shape index (κ3) is 3.30. The molecule has 6 heavy (non-hydrogen) atoms. The van der Waals surface area contributed by atoms with Gasteiger partial charge in [0.2, 0.25) is 0 Å². The largest absolute Gasteiger partial charge is 0.415 e. The molecular formula is C3H8N2O. The fraction of sp³-hybridized carbons (Fsp3) is 0.333. The maximum atomic E-state index is 4.87. The lowest BCUT2D eigenvalue weighted by Crippen LogP contribution is -2.00. The molecule has 0 aliphatic carbocycles. The normalized spacial score (nSPS) is 9.50. The minimum atomic E-state index is 1.30. The zero-order valence-electron chi connectivity index (χ0n) is 3.64. The van der Waals surface area contributed by atoms with Crippen LogP contribution in [0.4, 0.5) is 0 Å². The second-order valence-corrected chi connectivity index (χ2v) is 0.651. The van der Waals surface area contributed by atoms with Gasteiger partial charge in [0.05, 0.1) is 0 Å². The van der Waals surface area contributed by atoms with Crippen LogP contribution in [0.15, 0.2) is 12.5 Å². The van der Waals surface area contributed by atoms with Crippen molar-refractivity contribution in [1.82, 2.24) is 5.48 Å². The van der Waals surface area contributed by atoms with E-state index >= 15 is 0 Å². The van der Waals surface area contributed by atoms with Gasteiger partial charge in [-0.25, -0.2) is 0 Å². The Balaban J connectivity index is 2.66. The lowest BCUT2D eigenvalue weighted by Gasteiger charge is -1.88. The maximum Gasteiger partial charge on any atom is 0.126 e. The highest BCUT2D eigenvalue weighted by Gasteiger charge is 1.57. The number of rotatable bonds is 2. The van der Waals surface area contributed by atoms with Crippen LogP contribution in [0, 0.1) is 0 Å². The van der Waals surface area contributed by atoms with Gasteiger partial charge in [0.25, 0.3) is 0 Å². The topological polar surface area (TPSA) is 47.3 Å². The Morgan fingerprint density at radius 2 is 2.50 bits per heavy atom. The van der Waals surface area contributed by atoms with E-state index in [9.17, 15) is 0 Å². The number of nitrogens with one attached hydrogen (secondary N) is 1. The molecule has 3 nitrogen and oxygen atoms in total. The van der Waals surface area contributed by atoms with Crippen LogP contribution in [0.2, 0.25) is 0 Å². The Morgan fingerprint density at radius 3 is 2.67 bits per heavy atom. The highest BCUT2D eigenvalue weighted by atomic mass is 16.6. The molecule has 0 fully saturated rings. The molecule has 0 unspecified atom stereocenters. The predicted molar refractivity (Wildman–Crippen MR) is 23.5 cm³/mol. The summed E-state index contributed by atoms with van der Waals surface area (Å²) in [5.74, 6) is 0. The molecule has 0 radical (unpaired) electrons. The molecule has 0 saturated carbocycles. The van der Waals surface area contributed by atoms with Crippen molar-refractivity contribution in [3.8, 4) is 0 Å². The van der Waals surface area contributed by atoms with Crippen LogP contribution in [-0.2, 0) is 4.84 Å². The fourth-order valence-corrected chi connectivity index (χ4v) is 0.107. The van der Waals surface area contributed by atoms with E-state index in [1.165, 1.54) is 12.5 Å². The van der Waals surface area contributed by atoms with Gasteiger partial charge in [-0.2, -0.15) is 5.48 Å². The summed E-state index contributed by atoms with van der Waals surface area (Å²) in [5.41, 5.74) is 7.27. The monoisotopic (exact) mass is 88.1 g/mol. The van der Waals surface area contributed by atoms with Crippen molar-refractivity contribution in [1.29, 1.82) is 0 Å². The summed E-state index contributed by atoms with van der Waals surface area (Å²) in [4.78, 5) is 4.43. The Labute approximate surface area is 36.7 Å². The van der Waals surface area contributed by atoms with Gasteiger partial charge in [-0.05, 0) is 0 Å². The number of hydrogen-bond donors (Lipinski definition) is 2. The van der Waals surface area contributed by atoms with Crippen molar-refractivity contribution in [3.63, 3.8) is 0 Å². The number of hydrogen-bond acceptors (Lipinski definition) is 3. The van der Waals surface area contributed by atoms with Crippen molar-refractivity contribution in [2.75, 3.05) is 7.05 Å². The zero-order valence-corrected chi connectivity index (χ0v) is 3.64. The zero-order chi connectivity index (χ0) is 4.83. The third-order valence-corrected chi connectivity index (χ3v) is 0.264. The van der Waals surface area contributed by atoms with Gasteiger partial charge in [0.1, 0.15) is 6.26 Å². The lowest BCUT2D eigenvalue weighted by atomic mass is 11.0. The van der Waals surface area contributed by atoms with Crippen LogP contribution in [0.25, 0.3) is 0 Å². The van der Waals surface area contributed by atoms with Crippen LogP contribution in [-0.4, -0.2) is 7.05 Å². The van der Waals surface area contributed by atoms with Crippen molar-refractivity contribution >= 4 is 0 Å². The molecule has 0 aromatic heterocycles. The van der Waals surface area contributed by atoms with E-state index in [-0.39, 0.29) is 0 Å². The quantitative estimate of drug-likeness (QED) is 0.355. The van der Waals surface area contributed by atoms with E-state index in [1.807, 2.05) is 0 Å². The second kappa shape index (κ2) is 4.30. The smallest absolute Gasteiger partial charge is 0.126 e. The van der Waals surface area contributed by atoms with Crippen LogP contribution < -0.4 is 11.2 Å². The average Bonchev–Trinajstić information content (AvgIpc) is 1.61. The molecular weight excluding hydrogens is 80.0 g/mol. The van der Waals surface area contributed by atoms with Crippen molar-refractivity contribution in [2.45, 2.75) is 0 Å². The lowest BCUT2D eigenvalue weighted by molar-refractivity contribution is 0.158. The van der Waals surface area contributed by atoms with Gasteiger partial charge in [-0.1, -0.05) is 0 Å². The first kappa shape index (κ1) is 5.30. The Bertz CT molecular complexity index is 44.1. The second-order valence-electron chi connectivity index (χ2n) is 0.651. The van der Waals surface area contributed by atoms with Crippen LogP contribution in [0.1, 0.15) is 0 Å². The molecule has 0 rings (SSSR count). The van der Waals surface area contributed by atoms with Gasteiger partial charge >= 0.3 is 0 Å². The Hall–Kier alpha value is -0.700. The summed E-state index contributed by atoms with van der Waals surface area (Å²) in [6.07, 6.45) is 2.65. The molecule has 0 aliphatic heterocycles. The summed E-state index contributed by atoms with van der Waals surface area (Å²) in [5, 5.41) is 0. The third-order valence-electron chi connectivity index (χ3n) is 0.264. The predicted octanol–water partition coefficient (Wildman–Crippen LogP) is -0.433. The molecule has 0 aliphatic rings. The highest BCUT2D eigenvalue weighted by molar-refractivity contribution is 4.60. The van der Waals surface area contributed by atoms with Gasteiger partial charge in [-0.3, -0.25) is 0 Å². The van der Waals surface area contributed by atoms with Crippen LogP contribution in [0.3, 0.4) is 0 Å².